The SMILES string of the molecule is CCCCCCCCCCCC(=O)c1c(O)c(C(=O)CCCCCCCCCCC)c(O)c([C@H]2C[C@@H](c3ccc(O)cc3)Oc3cc(O)ccc32)c1O. The third-order valence-corrected chi connectivity index (χ3v) is 10.7. The van der Waals surface area contributed by atoms with Crippen LogP contribution in [0.5, 0.6) is 34.5 Å². The predicted molar refractivity (Wildman–Crippen MR) is 210 cm³/mol. The Morgan fingerprint density at radius 1 is 0.566 bits per heavy atom. The molecule has 0 fully saturated rings. The van der Waals surface area contributed by atoms with Crippen molar-refractivity contribution in [1.29, 1.82) is 0 Å². The van der Waals surface area contributed by atoms with Gasteiger partial charge in [0, 0.05) is 36.0 Å². The Balaban J connectivity index is 1.62. The molecule has 1 aliphatic heterocycles. The fourth-order valence-electron chi connectivity index (χ4n) is 7.65. The number of aromatic hydroxyl groups is 5. The average Bonchev–Trinajstić information content (AvgIpc) is 3.13. The third kappa shape index (κ3) is 11.6. The van der Waals surface area contributed by atoms with Crippen molar-refractivity contribution in [2.24, 2.45) is 0 Å². The molecule has 2 atom stereocenters. The van der Waals surface area contributed by atoms with Crippen LogP contribution < -0.4 is 4.74 Å². The minimum atomic E-state index is -0.766. The number of phenolic OH excluding ortho intramolecular Hbond substituents is 5. The molecule has 0 saturated carbocycles. The molecular formula is C45H62O8. The average molecular weight is 731 g/mol. The molecule has 0 radical (unpaired) electrons. The number of carbonyl (C=O) groups excluding carboxylic acids is 2. The molecule has 3 aromatic carbocycles. The van der Waals surface area contributed by atoms with E-state index in [1.54, 1.807) is 18.2 Å². The summed E-state index contributed by atoms with van der Waals surface area (Å²) in [6.45, 7) is 4.40. The maximum Gasteiger partial charge on any atom is 0.170 e. The topological polar surface area (TPSA) is 145 Å². The maximum atomic E-state index is 13.9. The monoisotopic (exact) mass is 730 g/mol. The van der Waals surface area contributed by atoms with E-state index < -0.39 is 40.8 Å². The van der Waals surface area contributed by atoms with Gasteiger partial charge < -0.3 is 30.3 Å². The second-order valence-corrected chi connectivity index (χ2v) is 14.9. The standard InChI is InChI=1S/C45H62O8/c1-3-5-7-9-11-13-15-17-19-21-36(48)41-43(50)40(44(51)42(45(41)52)37(49)22-20-18-16-14-12-10-8-6-4-2)35-30-38(31-23-25-32(46)26-24-31)53-39-29-33(47)27-28-34(35)39/h23-29,35,38,46-47,50-52H,3-22,30H2,1-2H3/t35-,38-/m0/s1. The summed E-state index contributed by atoms with van der Waals surface area (Å²) < 4.78 is 6.29. The van der Waals surface area contributed by atoms with Crippen molar-refractivity contribution in [2.45, 2.75) is 161 Å². The minimum absolute atomic E-state index is 0.0207. The summed E-state index contributed by atoms with van der Waals surface area (Å²) in [5.41, 5.74) is 0.570. The van der Waals surface area contributed by atoms with Crippen molar-refractivity contribution in [3.8, 4) is 34.5 Å². The molecular weight excluding hydrogens is 668 g/mol. The zero-order chi connectivity index (χ0) is 38.2. The molecule has 0 aliphatic carbocycles. The van der Waals surface area contributed by atoms with Gasteiger partial charge in [0.25, 0.3) is 0 Å². The molecule has 53 heavy (non-hydrogen) atoms. The summed E-state index contributed by atoms with van der Waals surface area (Å²) in [6, 6.07) is 11.1. The van der Waals surface area contributed by atoms with E-state index in [1.165, 1.54) is 75.6 Å². The molecule has 1 aliphatic rings. The van der Waals surface area contributed by atoms with Crippen LogP contribution in [0.15, 0.2) is 42.5 Å². The normalized spacial score (nSPS) is 15.2. The molecule has 0 amide bonds. The predicted octanol–water partition coefficient (Wildman–Crippen LogP) is 12.1. The Morgan fingerprint density at radius 3 is 1.47 bits per heavy atom. The number of ether oxygens (including phenoxy) is 1. The molecule has 3 aromatic rings. The Labute approximate surface area is 316 Å². The van der Waals surface area contributed by atoms with Gasteiger partial charge in [-0.15, -0.1) is 0 Å². The fraction of sp³-hybridized carbons (Fsp3) is 0.556. The van der Waals surface area contributed by atoms with E-state index in [-0.39, 0.29) is 47.5 Å². The number of unbranched alkanes of at least 4 members (excludes halogenated alkanes) is 16. The highest BCUT2D eigenvalue weighted by Gasteiger charge is 2.38. The fourth-order valence-corrected chi connectivity index (χ4v) is 7.65. The van der Waals surface area contributed by atoms with E-state index in [9.17, 15) is 35.1 Å². The molecule has 8 nitrogen and oxygen atoms in total. The van der Waals surface area contributed by atoms with Gasteiger partial charge in [-0.3, -0.25) is 9.59 Å². The number of phenols is 5. The molecule has 0 aromatic heterocycles. The van der Waals surface area contributed by atoms with E-state index >= 15 is 0 Å². The van der Waals surface area contributed by atoms with E-state index in [0.29, 0.717) is 29.7 Å². The van der Waals surface area contributed by atoms with Gasteiger partial charge in [0.2, 0.25) is 0 Å². The Kier molecular flexibility index (Phi) is 16.8. The number of benzene rings is 3. The van der Waals surface area contributed by atoms with Crippen LogP contribution in [-0.2, 0) is 0 Å². The van der Waals surface area contributed by atoms with E-state index in [4.69, 9.17) is 4.74 Å². The summed E-state index contributed by atoms with van der Waals surface area (Å²) >= 11 is 0. The molecule has 0 bridgehead atoms. The molecule has 4 rings (SSSR count). The van der Waals surface area contributed by atoms with E-state index in [2.05, 4.69) is 13.8 Å². The molecule has 0 spiro atoms. The number of ketones is 2. The van der Waals surface area contributed by atoms with E-state index in [0.717, 1.165) is 51.4 Å². The second-order valence-electron chi connectivity index (χ2n) is 14.9. The summed E-state index contributed by atoms with van der Waals surface area (Å²) in [6.07, 6.45) is 18.9. The number of rotatable bonds is 24. The lowest BCUT2D eigenvalue weighted by Gasteiger charge is -2.34. The quantitative estimate of drug-likeness (QED) is 0.0452. The highest BCUT2D eigenvalue weighted by atomic mass is 16.5. The number of hydrogen-bond donors (Lipinski definition) is 5. The van der Waals surface area contributed by atoms with Gasteiger partial charge in [-0.05, 0) is 43.0 Å². The van der Waals surface area contributed by atoms with Crippen molar-refractivity contribution in [3.63, 3.8) is 0 Å². The third-order valence-electron chi connectivity index (χ3n) is 10.7. The van der Waals surface area contributed by atoms with Gasteiger partial charge in [0.1, 0.15) is 51.7 Å². The van der Waals surface area contributed by atoms with Crippen LogP contribution in [0.3, 0.4) is 0 Å². The summed E-state index contributed by atoms with van der Waals surface area (Å²) in [5, 5.41) is 55.5. The molecule has 8 heteroatoms. The highest BCUT2D eigenvalue weighted by molar-refractivity contribution is 6.09. The van der Waals surface area contributed by atoms with Crippen molar-refractivity contribution < 1.29 is 39.9 Å². The van der Waals surface area contributed by atoms with Crippen LogP contribution in [0.1, 0.15) is 198 Å². The number of fused-ring (bicyclic) bond motifs is 1. The van der Waals surface area contributed by atoms with Gasteiger partial charge in [-0.1, -0.05) is 135 Å². The second kappa shape index (κ2) is 21.5. The van der Waals surface area contributed by atoms with Gasteiger partial charge in [-0.2, -0.15) is 0 Å². The van der Waals surface area contributed by atoms with Crippen LogP contribution in [0.4, 0.5) is 0 Å². The van der Waals surface area contributed by atoms with E-state index in [1.807, 2.05) is 0 Å². The zero-order valence-electron chi connectivity index (χ0n) is 32.0. The lowest BCUT2D eigenvalue weighted by Crippen LogP contribution is -2.21. The molecule has 0 unspecified atom stereocenters. The zero-order valence-corrected chi connectivity index (χ0v) is 32.0. The van der Waals surface area contributed by atoms with Crippen LogP contribution in [-0.4, -0.2) is 37.1 Å². The van der Waals surface area contributed by atoms with Crippen LogP contribution in [0.2, 0.25) is 0 Å². The highest BCUT2D eigenvalue weighted by Crippen LogP contribution is 2.54. The van der Waals surface area contributed by atoms with Crippen LogP contribution >= 0.6 is 0 Å². The van der Waals surface area contributed by atoms with Gasteiger partial charge in [-0.25, -0.2) is 0 Å². The lowest BCUT2D eigenvalue weighted by molar-refractivity contribution is 0.0970. The molecule has 290 valence electrons. The number of carbonyl (C=O) groups is 2. The summed E-state index contributed by atoms with van der Waals surface area (Å²) in [5.74, 6) is -3.12. The van der Waals surface area contributed by atoms with Gasteiger partial charge in [0.15, 0.2) is 11.6 Å². The smallest absolute Gasteiger partial charge is 0.170 e. The first-order chi connectivity index (χ1) is 25.7. The van der Waals surface area contributed by atoms with Gasteiger partial charge in [0.05, 0.1) is 0 Å². The summed E-state index contributed by atoms with van der Waals surface area (Å²) in [7, 11) is 0. The van der Waals surface area contributed by atoms with Crippen molar-refractivity contribution >= 4 is 11.6 Å². The molecule has 1 heterocycles. The van der Waals surface area contributed by atoms with Crippen molar-refractivity contribution in [2.75, 3.05) is 0 Å². The maximum absolute atomic E-state index is 13.9. The van der Waals surface area contributed by atoms with Crippen molar-refractivity contribution in [1.82, 2.24) is 0 Å². The van der Waals surface area contributed by atoms with Gasteiger partial charge >= 0.3 is 0 Å². The molecule has 0 saturated heterocycles. The van der Waals surface area contributed by atoms with Crippen LogP contribution in [0, 0.1) is 0 Å². The first kappa shape index (κ1) is 41.6. The Bertz CT molecular complexity index is 1550. The lowest BCUT2D eigenvalue weighted by atomic mass is 9.79. The Hall–Kier alpha value is -4.20. The first-order valence-corrected chi connectivity index (χ1v) is 20.3. The first-order valence-electron chi connectivity index (χ1n) is 20.3. The minimum Gasteiger partial charge on any atom is -0.508 e. The largest absolute Gasteiger partial charge is 0.508 e. The number of Topliss-reactive ketones (excluding diaryl/α,β-unsaturated/α-hetero) is 2. The van der Waals surface area contributed by atoms with Crippen molar-refractivity contribution in [3.05, 3.63) is 70.3 Å². The molecule has 5 N–H and O–H groups in total. The Morgan fingerprint density at radius 2 is 1.00 bits per heavy atom. The number of hydrogen-bond acceptors (Lipinski definition) is 8. The summed E-state index contributed by atoms with van der Waals surface area (Å²) in [4.78, 5) is 27.7. The van der Waals surface area contributed by atoms with Crippen LogP contribution in [0.25, 0.3) is 0 Å².